The van der Waals surface area contributed by atoms with Crippen LogP contribution in [0.2, 0.25) is 0 Å². The van der Waals surface area contributed by atoms with E-state index in [0.29, 0.717) is 0 Å². The summed E-state index contributed by atoms with van der Waals surface area (Å²) in [6, 6.07) is 10.4. The normalized spacial score (nSPS) is 10.7. The summed E-state index contributed by atoms with van der Waals surface area (Å²) in [4.78, 5) is 0. The van der Waals surface area contributed by atoms with E-state index in [0.717, 1.165) is 55.2 Å². The molecule has 0 aliphatic carbocycles. The first kappa shape index (κ1) is 20.1. The van der Waals surface area contributed by atoms with Gasteiger partial charge in [-0.1, -0.05) is 29.8 Å². The number of hydrogen-bond donors (Lipinski definition) is 1. The predicted octanol–water partition coefficient (Wildman–Crippen LogP) is 4.29. The van der Waals surface area contributed by atoms with Gasteiger partial charge in [0, 0.05) is 12.0 Å². The molecule has 0 radical (unpaired) electrons. The van der Waals surface area contributed by atoms with Gasteiger partial charge in [0.25, 0.3) is 0 Å². The van der Waals surface area contributed by atoms with E-state index in [2.05, 4.69) is 37.4 Å². The lowest BCUT2D eigenvalue weighted by molar-refractivity contribution is 0.301. The zero-order valence-corrected chi connectivity index (χ0v) is 16.6. The van der Waals surface area contributed by atoms with Crippen molar-refractivity contribution in [2.75, 3.05) is 34.4 Å². The first-order valence-corrected chi connectivity index (χ1v) is 9.18. The average Bonchev–Trinajstić information content (AvgIpc) is 2.63. The van der Waals surface area contributed by atoms with Crippen molar-refractivity contribution in [2.24, 2.45) is 0 Å². The summed E-state index contributed by atoms with van der Waals surface area (Å²) in [5, 5.41) is 3.17. The second kappa shape index (κ2) is 10.1. The van der Waals surface area contributed by atoms with Gasteiger partial charge in [-0.05, 0) is 57.5 Å². The fourth-order valence-corrected chi connectivity index (χ4v) is 3.26. The molecule has 0 heterocycles. The van der Waals surface area contributed by atoms with E-state index < -0.39 is 0 Å². The van der Waals surface area contributed by atoms with Crippen molar-refractivity contribution in [3.05, 3.63) is 52.6 Å². The Morgan fingerprint density at radius 1 is 0.923 bits per heavy atom. The second-order valence-corrected chi connectivity index (χ2v) is 6.56. The lowest BCUT2D eigenvalue weighted by Gasteiger charge is -2.17. The Bertz CT molecular complexity index is 713. The van der Waals surface area contributed by atoms with Gasteiger partial charge in [0.15, 0.2) is 11.5 Å². The molecule has 0 aromatic heterocycles. The average molecular weight is 357 g/mol. The Morgan fingerprint density at radius 3 is 2.42 bits per heavy atom. The molecule has 2 aromatic rings. The number of rotatable bonds is 10. The van der Waals surface area contributed by atoms with E-state index in [-0.39, 0.29) is 0 Å². The van der Waals surface area contributed by atoms with Crippen LogP contribution in [0.25, 0.3) is 0 Å². The van der Waals surface area contributed by atoms with Crippen LogP contribution < -0.4 is 19.5 Å². The summed E-state index contributed by atoms with van der Waals surface area (Å²) < 4.78 is 17.2. The zero-order valence-electron chi connectivity index (χ0n) is 16.6. The summed E-state index contributed by atoms with van der Waals surface area (Å²) in [6.45, 7) is 5.98. The maximum absolute atomic E-state index is 6.17. The van der Waals surface area contributed by atoms with Crippen LogP contribution in [0, 0.1) is 13.8 Å². The largest absolute Gasteiger partial charge is 0.493 e. The van der Waals surface area contributed by atoms with Crippen LogP contribution in [0.3, 0.4) is 0 Å². The molecule has 0 saturated carbocycles. The van der Waals surface area contributed by atoms with Crippen LogP contribution in [0.15, 0.2) is 30.3 Å². The van der Waals surface area contributed by atoms with Crippen LogP contribution >= 0.6 is 0 Å². The third-order valence-corrected chi connectivity index (χ3v) is 4.43. The zero-order chi connectivity index (χ0) is 18.9. The topological polar surface area (TPSA) is 39.7 Å². The van der Waals surface area contributed by atoms with Crippen molar-refractivity contribution in [2.45, 2.75) is 33.1 Å². The molecule has 0 fully saturated rings. The number of aryl methyl sites for hydroxylation is 2. The molecular formula is C22H31NO3. The van der Waals surface area contributed by atoms with E-state index in [9.17, 15) is 0 Å². The highest BCUT2D eigenvalue weighted by Crippen LogP contribution is 2.35. The van der Waals surface area contributed by atoms with Crippen LogP contribution in [0.1, 0.15) is 35.1 Å². The molecule has 0 aliphatic heterocycles. The summed E-state index contributed by atoms with van der Waals surface area (Å²) in [6.07, 6.45) is 2.89. The molecule has 26 heavy (non-hydrogen) atoms. The molecule has 2 rings (SSSR count). The van der Waals surface area contributed by atoms with Gasteiger partial charge in [-0.2, -0.15) is 0 Å². The third kappa shape index (κ3) is 5.15. The molecule has 0 amide bonds. The van der Waals surface area contributed by atoms with Gasteiger partial charge in [-0.15, -0.1) is 0 Å². The SMILES string of the molecule is CNCCCCOc1c(C)cc(C)cc1Cc1cccc(OC)c1OC. The molecule has 142 valence electrons. The van der Waals surface area contributed by atoms with Gasteiger partial charge in [0.05, 0.1) is 20.8 Å². The molecule has 4 heteroatoms. The smallest absolute Gasteiger partial charge is 0.164 e. The number of hydrogen-bond acceptors (Lipinski definition) is 4. The van der Waals surface area contributed by atoms with Crippen molar-refractivity contribution in [1.82, 2.24) is 5.32 Å². The summed E-state index contributed by atoms with van der Waals surface area (Å²) in [5.41, 5.74) is 4.69. The molecule has 0 aliphatic rings. The number of ether oxygens (including phenoxy) is 3. The van der Waals surface area contributed by atoms with Crippen LogP contribution in [-0.4, -0.2) is 34.4 Å². The molecule has 0 unspecified atom stereocenters. The van der Waals surface area contributed by atoms with Gasteiger partial charge in [0.1, 0.15) is 5.75 Å². The minimum absolute atomic E-state index is 0.730. The van der Waals surface area contributed by atoms with Crippen LogP contribution in [-0.2, 0) is 6.42 Å². The van der Waals surface area contributed by atoms with Gasteiger partial charge < -0.3 is 19.5 Å². The van der Waals surface area contributed by atoms with Gasteiger partial charge in [-0.25, -0.2) is 0 Å². The van der Waals surface area contributed by atoms with Crippen molar-refractivity contribution in [3.8, 4) is 17.2 Å². The summed E-state index contributed by atoms with van der Waals surface area (Å²) in [5.74, 6) is 2.53. The quantitative estimate of drug-likeness (QED) is 0.644. The molecule has 4 nitrogen and oxygen atoms in total. The Balaban J connectivity index is 2.26. The molecule has 0 saturated heterocycles. The molecule has 0 bridgehead atoms. The molecular weight excluding hydrogens is 326 g/mol. The summed E-state index contributed by atoms with van der Waals surface area (Å²) in [7, 11) is 5.32. The van der Waals surface area contributed by atoms with Crippen molar-refractivity contribution in [3.63, 3.8) is 0 Å². The predicted molar refractivity (Wildman–Crippen MR) is 107 cm³/mol. The maximum atomic E-state index is 6.17. The number of nitrogens with one attached hydrogen (secondary N) is 1. The Hall–Kier alpha value is -2.20. The van der Waals surface area contributed by atoms with Crippen LogP contribution in [0.4, 0.5) is 0 Å². The highest BCUT2D eigenvalue weighted by Gasteiger charge is 2.14. The standard InChI is InChI=1S/C22H31NO3/c1-16-13-17(2)21(26-12-7-6-11-23-3)19(14-16)15-18-9-8-10-20(24-4)22(18)25-5/h8-10,13-14,23H,6-7,11-12,15H2,1-5H3. The maximum Gasteiger partial charge on any atom is 0.164 e. The lowest BCUT2D eigenvalue weighted by Crippen LogP contribution is -2.10. The Morgan fingerprint density at radius 2 is 1.73 bits per heavy atom. The number of para-hydroxylation sites is 1. The summed E-state index contributed by atoms with van der Waals surface area (Å²) >= 11 is 0. The van der Waals surface area contributed by atoms with E-state index in [4.69, 9.17) is 14.2 Å². The van der Waals surface area contributed by atoms with Crippen molar-refractivity contribution < 1.29 is 14.2 Å². The minimum atomic E-state index is 0.730. The van der Waals surface area contributed by atoms with Gasteiger partial charge in [0.2, 0.25) is 0 Å². The van der Waals surface area contributed by atoms with Crippen LogP contribution in [0.5, 0.6) is 17.2 Å². The number of benzene rings is 2. The molecule has 2 aromatic carbocycles. The molecule has 1 N–H and O–H groups in total. The highest BCUT2D eigenvalue weighted by atomic mass is 16.5. The molecule has 0 spiro atoms. The van der Waals surface area contributed by atoms with E-state index in [1.807, 2.05) is 19.2 Å². The van der Waals surface area contributed by atoms with E-state index in [1.165, 1.54) is 16.7 Å². The van der Waals surface area contributed by atoms with E-state index >= 15 is 0 Å². The number of methoxy groups -OCH3 is 2. The lowest BCUT2D eigenvalue weighted by atomic mass is 9.98. The first-order valence-electron chi connectivity index (χ1n) is 9.18. The minimum Gasteiger partial charge on any atom is -0.493 e. The fraction of sp³-hybridized carbons (Fsp3) is 0.455. The Labute approximate surface area is 157 Å². The molecule has 0 atom stereocenters. The second-order valence-electron chi connectivity index (χ2n) is 6.56. The Kier molecular flexibility index (Phi) is 7.79. The van der Waals surface area contributed by atoms with Gasteiger partial charge >= 0.3 is 0 Å². The van der Waals surface area contributed by atoms with Gasteiger partial charge in [-0.3, -0.25) is 0 Å². The monoisotopic (exact) mass is 357 g/mol. The third-order valence-electron chi connectivity index (χ3n) is 4.43. The fourth-order valence-electron chi connectivity index (χ4n) is 3.26. The van der Waals surface area contributed by atoms with Crippen molar-refractivity contribution in [1.29, 1.82) is 0 Å². The highest BCUT2D eigenvalue weighted by molar-refractivity contribution is 5.52. The van der Waals surface area contributed by atoms with Crippen molar-refractivity contribution >= 4 is 0 Å². The number of unbranched alkanes of at least 4 members (excludes halogenated alkanes) is 1. The first-order chi connectivity index (χ1) is 12.6. The van der Waals surface area contributed by atoms with E-state index in [1.54, 1.807) is 14.2 Å².